The highest BCUT2D eigenvalue weighted by Gasteiger charge is 2.13. The summed E-state index contributed by atoms with van der Waals surface area (Å²) in [5, 5.41) is 2.78. The summed E-state index contributed by atoms with van der Waals surface area (Å²) in [6, 6.07) is 7.83. The predicted octanol–water partition coefficient (Wildman–Crippen LogP) is 4.47. The Bertz CT molecular complexity index is 820. The van der Waals surface area contributed by atoms with Crippen LogP contribution in [0.5, 0.6) is 0 Å². The lowest BCUT2D eigenvalue weighted by Crippen LogP contribution is -2.21. The van der Waals surface area contributed by atoms with Gasteiger partial charge in [0.2, 0.25) is 0 Å². The van der Waals surface area contributed by atoms with Crippen molar-refractivity contribution in [2.75, 3.05) is 11.9 Å². The lowest BCUT2D eigenvalue weighted by Gasteiger charge is -2.07. The number of halogens is 4. The third kappa shape index (κ3) is 5.55. The molecular formula is C17H11Cl2F2NO3. The zero-order chi connectivity index (χ0) is 18.4. The van der Waals surface area contributed by atoms with E-state index in [9.17, 15) is 18.4 Å². The third-order valence-electron chi connectivity index (χ3n) is 2.93. The van der Waals surface area contributed by atoms with Gasteiger partial charge in [-0.2, -0.15) is 0 Å². The molecule has 2 aromatic rings. The number of anilines is 1. The number of carbonyl (C=O) groups is 2. The molecule has 1 N–H and O–H groups in total. The van der Waals surface area contributed by atoms with Crippen LogP contribution in [0, 0.1) is 11.6 Å². The van der Waals surface area contributed by atoms with Crippen molar-refractivity contribution in [2.45, 2.75) is 0 Å². The molecule has 0 bridgehead atoms. The van der Waals surface area contributed by atoms with Crippen LogP contribution in [0.15, 0.2) is 42.5 Å². The Hall–Kier alpha value is -2.44. The minimum absolute atomic E-state index is 0.337. The van der Waals surface area contributed by atoms with Crippen molar-refractivity contribution in [3.63, 3.8) is 0 Å². The van der Waals surface area contributed by atoms with Crippen molar-refractivity contribution in [3.8, 4) is 0 Å². The molecule has 0 saturated heterocycles. The molecule has 130 valence electrons. The van der Waals surface area contributed by atoms with Crippen LogP contribution in [0.3, 0.4) is 0 Å². The molecule has 0 atom stereocenters. The zero-order valence-electron chi connectivity index (χ0n) is 12.6. The van der Waals surface area contributed by atoms with E-state index in [0.29, 0.717) is 15.6 Å². The average Bonchev–Trinajstić information content (AvgIpc) is 2.55. The Balaban J connectivity index is 1.89. The maximum Gasteiger partial charge on any atom is 0.331 e. The summed E-state index contributed by atoms with van der Waals surface area (Å²) in [5.74, 6) is -3.57. The number of ether oxygens (including phenoxy) is 1. The van der Waals surface area contributed by atoms with Crippen molar-refractivity contribution in [1.82, 2.24) is 0 Å². The van der Waals surface area contributed by atoms with Crippen molar-refractivity contribution in [3.05, 3.63) is 69.7 Å². The standard InChI is InChI=1S/C17H11Cl2F2NO3/c18-11-6-4-10(12(19)8-11)5-7-16(24)25-9-15(23)22-17-13(20)2-1-3-14(17)21/h1-8H,9H2,(H,22,23)/b7-5+. The van der Waals surface area contributed by atoms with Gasteiger partial charge in [0.15, 0.2) is 6.61 Å². The van der Waals surface area contributed by atoms with Crippen LogP contribution in [0.2, 0.25) is 10.0 Å². The van der Waals surface area contributed by atoms with Gasteiger partial charge < -0.3 is 10.1 Å². The molecule has 2 aromatic carbocycles. The van der Waals surface area contributed by atoms with Crippen molar-refractivity contribution in [1.29, 1.82) is 0 Å². The maximum atomic E-state index is 13.4. The van der Waals surface area contributed by atoms with Crippen LogP contribution < -0.4 is 5.32 Å². The van der Waals surface area contributed by atoms with Gasteiger partial charge in [-0.25, -0.2) is 13.6 Å². The molecule has 0 heterocycles. The van der Waals surface area contributed by atoms with Gasteiger partial charge in [0.25, 0.3) is 5.91 Å². The second-order valence-corrected chi connectivity index (χ2v) is 5.60. The molecule has 0 aromatic heterocycles. The summed E-state index contributed by atoms with van der Waals surface area (Å²) in [6.45, 7) is -0.703. The van der Waals surface area contributed by atoms with E-state index in [1.54, 1.807) is 12.1 Å². The number of carbonyl (C=O) groups excluding carboxylic acids is 2. The number of para-hydroxylation sites is 1. The first-order valence-electron chi connectivity index (χ1n) is 6.90. The molecule has 0 radical (unpaired) electrons. The minimum Gasteiger partial charge on any atom is -0.452 e. The summed E-state index contributed by atoms with van der Waals surface area (Å²) >= 11 is 11.7. The molecular weight excluding hydrogens is 375 g/mol. The highest BCUT2D eigenvalue weighted by Crippen LogP contribution is 2.22. The van der Waals surface area contributed by atoms with Gasteiger partial charge in [0, 0.05) is 16.1 Å². The SMILES string of the molecule is O=C(COC(=O)/C=C/c1ccc(Cl)cc1Cl)Nc1c(F)cccc1F. The van der Waals surface area contributed by atoms with Crippen LogP contribution in [-0.4, -0.2) is 18.5 Å². The van der Waals surface area contributed by atoms with Gasteiger partial charge in [0.05, 0.1) is 0 Å². The fourth-order valence-electron chi connectivity index (χ4n) is 1.77. The van der Waals surface area contributed by atoms with Crippen molar-refractivity contribution in [2.24, 2.45) is 0 Å². The molecule has 2 rings (SSSR count). The molecule has 0 aliphatic carbocycles. The second-order valence-electron chi connectivity index (χ2n) is 4.75. The van der Waals surface area contributed by atoms with E-state index in [1.807, 2.05) is 5.32 Å². The van der Waals surface area contributed by atoms with E-state index in [-0.39, 0.29) is 0 Å². The normalized spacial score (nSPS) is 10.7. The molecule has 0 unspecified atom stereocenters. The predicted molar refractivity (Wildman–Crippen MR) is 91.4 cm³/mol. The van der Waals surface area contributed by atoms with Gasteiger partial charge in [-0.05, 0) is 35.9 Å². The quantitative estimate of drug-likeness (QED) is 0.610. The lowest BCUT2D eigenvalue weighted by atomic mass is 10.2. The third-order valence-corrected chi connectivity index (χ3v) is 3.50. The first-order valence-corrected chi connectivity index (χ1v) is 7.66. The number of hydrogen-bond acceptors (Lipinski definition) is 3. The number of benzene rings is 2. The molecule has 0 aliphatic rings. The van der Waals surface area contributed by atoms with Gasteiger partial charge in [-0.3, -0.25) is 4.79 Å². The summed E-state index contributed by atoms with van der Waals surface area (Å²) in [4.78, 5) is 23.2. The van der Waals surface area contributed by atoms with E-state index < -0.39 is 35.8 Å². The largest absolute Gasteiger partial charge is 0.452 e. The van der Waals surface area contributed by atoms with Crippen molar-refractivity contribution < 1.29 is 23.1 Å². The van der Waals surface area contributed by atoms with Gasteiger partial charge in [0.1, 0.15) is 17.3 Å². The van der Waals surface area contributed by atoms with Gasteiger partial charge >= 0.3 is 5.97 Å². The Kier molecular flexibility index (Phi) is 6.50. The van der Waals surface area contributed by atoms with E-state index in [1.165, 1.54) is 12.1 Å². The molecule has 0 fully saturated rings. The maximum absolute atomic E-state index is 13.4. The fourth-order valence-corrected chi connectivity index (χ4v) is 2.24. The Morgan fingerprint density at radius 3 is 2.44 bits per heavy atom. The number of rotatable bonds is 5. The highest BCUT2D eigenvalue weighted by atomic mass is 35.5. The first kappa shape index (κ1) is 18.9. The number of nitrogens with one attached hydrogen (secondary N) is 1. The molecule has 0 aliphatic heterocycles. The van der Waals surface area contributed by atoms with Crippen LogP contribution in [-0.2, 0) is 14.3 Å². The zero-order valence-corrected chi connectivity index (χ0v) is 14.1. The molecule has 8 heteroatoms. The molecule has 0 spiro atoms. The summed E-state index contributed by atoms with van der Waals surface area (Å²) in [5.41, 5.74) is -0.0760. The van der Waals surface area contributed by atoms with Crippen LogP contribution in [0.1, 0.15) is 5.56 Å². The molecule has 25 heavy (non-hydrogen) atoms. The Labute approximate surface area is 152 Å². The van der Waals surface area contributed by atoms with Gasteiger partial charge in [-0.15, -0.1) is 0 Å². The van der Waals surface area contributed by atoms with Crippen LogP contribution in [0.25, 0.3) is 6.08 Å². The van der Waals surface area contributed by atoms with E-state index in [4.69, 9.17) is 23.2 Å². The molecule has 0 saturated carbocycles. The van der Waals surface area contributed by atoms with E-state index >= 15 is 0 Å². The second kappa shape index (κ2) is 8.60. The Morgan fingerprint density at radius 1 is 1.12 bits per heavy atom. The topological polar surface area (TPSA) is 55.4 Å². The van der Waals surface area contributed by atoms with Gasteiger partial charge in [-0.1, -0.05) is 35.3 Å². The average molecular weight is 386 g/mol. The smallest absolute Gasteiger partial charge is 0.331 e. The van der Waals surface area contributed by atoms with E-state index in [2.05, 4.69) is 4.74 Å². The summed E-state index contributed by atoms with van der Waals surface area (Å²) in [7, 11) is 0. The summed E-state index contributed by atoms with van der Waals surface area (Å²) in [6.07, 6.45) is 2.45. The lowest BCUT2D eigenvalue weighted by molar-refractivity contribution is -0.142. The number of hydrogen-bond donors (Lipinski definition) is 1. The van der Waals surface area contributed by atoms with Crippen LogP contribution >= 0.6 is 23.2 Å². The minimum atomic E-state index is -0.933. The van der Waals surface area contributed by atoms with Crippen LogP contribution in [0.4, 0.5) is 14.5 Å². The molecule has 1 amide bonds. The van der Waals surface area contributed by atoms with Crippen molar-refractivity contribution >= 4 is 46.8 Å². The number of amides is 1. The first-order chi connectivity index (χ1) is 11.9. The molecule has 4 nitrogen and oxygen atoms in total. The highest BCUT2D eigenvalue weighted by molar-refractivity contribution is 6.35. The monoisotopic (exact) mass is 385 g/mol. The number of esters is 1. The van der Waals surface area contributed by atoms with E-state index in [0.717, 1.165) is 24.3 Å². The Morgan fingerprint density at radius 2 is 1.80 bits per heavy atom. The fraction of sp³-hybridized carbons (Fsp3) is 0.0588. The summed E-state index contributed by atoms with van der Waals surface area (Å²) < 4.78 is 31.5.